The fourth-order valence-corrected chi connectivity index (χ4v) is 5.61. The zero-order chi connectivity index (χ0) is 22.8. The SMILES string of the molecule is COc1cccc(CCC(=O)N[C@@H]2CC3(CCC3)Oc3c(Cl)cccc32)c1OC1CCCC1. The Bertz CT molecular complexity index is 1010. The monoisotopic (exact) mass is 469 g/mol. The van der Waals surface area contributed by atoms with Crippen LogP contribution in [0.4, 0.5) is 0 Å². The summed E-state index contributed by atoms with van der Waals surface area (Å²) in [6, 6.07) is 11.6. The number of carbonyl (C=O) groups excluding carboxylic acids is 1. The molecular formula is C27H32ClNO4. The van der Waals surface area contributed by atoms with Gasteiger partial charge in [-0.1, -0.05) is 35.9 Å². The van der Waals surface area contributed by atoms with Gasteiger partial charge in [0, 0.05) is 18.4 Å². The number of ether oxygens (including phenoxy) is 3. The summed E-state index contributed by atoms with van der Waals surface area (Å²) in [6.45, 7) is 0. The van der Waals surface area contributed by atoms with Gasteiger partial charge in [-0.25, -0.2) is 0 Å². The van der Waals surface area contributed by atoms with Crippen LogP contribution in [0, 0.1) is 0 Å². The molecule has 0 radical (unpaired) electrons. The Labute approximate surface area is 200 Å². The number of rotatable bonds is 7. The van der Waals surface area contributed by atoms with E-state index in [1.54, 1.807) is 7.11 Å². The number of nitrogens with one attached hydrogen (secondary N) is 1. The fourth-order valence-electron chi connectivity index (χ4n) is 5.39. The van der Waals surface area contributed by atoms with Gasteiger partial charge in [0.15, 0.2) is 11.5 Å². The van der Waals surface area contributed by atoms with Gasteiger partial charge in [-0.15, -0.1) is 0 Å². The molecule has 2 fully saturated rings. The van der Waals surface area contributed by atoms with E-state index < -0.39 is 0 Å². The summed E-state index contributed by atoms with van der Waals surface area (Å²) in [4.78, 5) is 13.1. The predicted octanol–water partition coefficient (Wildman–Crippen LogP) is 6.17. The number of para-hydroxylation sites is 2. The lowest BCUT2D eigenvalue weighted by Gasteiger charge is -2.48. The van der Waals surface area contributed by atoms with E-state index in [1.165, 1.54) is 12.8 Å². The third kappa shape index (κ3) is 4.65. The molecule has 0 aromatic heterocycles. The van der Waals surface area contributed by atoms with E-state index in [1.807, 2.05) is 36.4 Å². The molecule has 0 bridgehead atoms. The van der Waals surface area contributed by atoms with Crippen molar-refractivity contribution in [1.29, 1.82) is 0 Å². The third-order valence-corrected chi connectivity index (χ3v) is 7.65. The van der Waals surface area contributed by atoms with Crippen molar-refractivity contribution in [3.63, 3.8) is 0 Å². The van der Waals surface area contributed by atoms with Crippen LogP contribution in [0.5, 0.6) is 17.2 Å². The molecular weight excluding hydrogens is 438 g/mol. The van der Waals surface area contributed by atoms with Crippen molar-refractivity contribution >= 4 is 17.5 Å². The molecule has 5 rings (SSSR count). The van der Waals surface area contributed by atoms with Gasteiger partial charge in [0.05, 0.1) is 24.3 Å². The molecule has 6 heteroatoms. The zero-order valence-electron chi connectivity index (χ0n) is 19.2. The first-order valence-electron chi connectivity index (χ1n) is 12.2. The molecule has 1 heterocycles. The van der Waals surface area contributed by atoms with Crippen LogP contribution in [0.15, 0.2) is 36.4 Å². The standard InChI is InChI=1S/C27H32ClNO4/c1-31-23-12-4-7-18(25(23)32-19-8-2-3-9-19)13-14-24(30)29-22-17-27(15-6-16-27)33-26-20(22)10-5-11-21(26)28/h4-5,7,10-12,19,22H,2-3,6,8-9,13-17H2,1H3,(H,29,30)/t22-/m1/s1. The first-order chi connectivity index (χ1) is 16.1. The number of methoxy groups -OCH3 is 1. The van der Waals surface area contributed by atoms with Crippen molar-refractivity contribution in [2.45, 2.75) is 82.0 Å². The van der Waals surface area contributed by atoms with Crippen molar-refractivity contribution in [3.05, 3.63) is 52.5 Å². The molecule has 2 aliphatic carbocycles. The van der Waals surface area contributed by atoms with Crippen LogP contribution in [-0.2, 0) is 11.2 Å². The van der Waals surface area contributed by atoms with Crippen LogP contribution in [0.3, 0.4) is 0 Å². The minimum absolute atomic E-state index is 0.0249. The fraction of sp³-hybridized carbons (Fsp3) is 0.519. The number of halogens is 1. The summed E-state index contributed by atoms with van der Waals surface area (Å²) in [5.41, 5.74) is 1.80. The number of amides is 1. The minimum atomic E-state index is -0.189. The first kappa shape index (κ1) is 22.4. The maximum absolute atomic E-state index is 13.1. The molecule has 0 saturated heterocycles. The van der Waals surface area contributed by atoms with Crippen LogP contribution in [0.2, 0.25) is 5.02 Å². The van der Waals surface area contributed by atoms with Crippen molar-refractivity contribution < 1.29 is 19.0 Å². The molecule has 5 nitrogen and oxygen atoms in total. The Morgan fingerprint density at radius 2 is 1.94 bits per heavy atom. The Balaban J connectivity index is 1.28. The summed E-state index contributed by atoms with van der Waals surface area (Å²) in [7, 11) is 1.66. The van der Waals surface area contributed by atoms with Gasteiger partial charge in [-0.05, 0) is 69.1 Å². The number of carbonyl (C=O) groups is 1. The second-order valence-electron chi connectivity index (χ2n) is 9.59. The summed E-state index contributed by atoms with van der Waals surface area (Å²) in [6.07, 6.45) is 9.74. The number of fused-ring (bicyclic) bond motifs is 1. The topological polar surface area (TPSA) is 56.8 Å². The largest absolute Gasteiger partial charge is 0.493 e. The Kier molecular flexibility index (Phi) is 6.42. The van der Waals surface area contributed by atoms with Gasteiger partial charge >= 0.3 is 0 Å². The molecule has 2 aromatic rings. The van der Waals surface area contributed by atoms with E-state index in [9.17, 15) is 4.79 Å². The van der Waals surface area contributed by atoms with Gasteiger partial charge in [0.1, 0.15) is 11.4 Å². The summed E-state index contributed by atoms with van der Waals surface area (Å²) in [5, 5.41) is 3.88. The van der Waals surface area contributed by atoms with Crippen LogP contribution < -0.4 is 19.5 Å². The van der Waals surface area contributed by atoms with Crippen molar-refractivity contribution in [1.82, 2.24) is 5.32 Å². The molecule has 1 spiro atoms. The second kappa shape index (κ2) is 9.46. The van der Waals surface area contributed by atoms with Gasteiger partial charge in [0.25, 0.3) is 0 Å². The van der Waals surface area contributed by atoms with Crippen LogP contribution >= 0.6 is 11.6 Å². The maximum Gasteiger partial charge on any atom is 0.220 e. The summed E-state index contributed by atoms with van der Waals surface area (Å²) >= 11 is 6.45. The second-order valence-corrected chi connectivity index (χ2v) is 10.0. The zero-order valence-corrected chi connectivity index (χ0v) is 20.0. The Hall–Kier alpha value is -2.40. The molecule has 3 aliphatic rings. The van der Waals surface area contributed by atoms with E-state index in [0.717, 1.165) is 66.9 Å². The molecule has 2 saturated carbocycles. The normalized spacial score (nSPS) is 21.1. The third-order valence-electron chi connectivity index (χ3n) is 7.36. The van der Waals surface area contributed by atoms with Gasteiger partial charge in [0.2, 0.25) is 5.91 Å². The van der Waals surface area contributed by atoms with Crippen molar-refractivity contribution in [2.24, 2.45) is 0 Å². The summed E-state index contributed by atoms with van der Waals surface area (Å²) in [5.74, 6) is 2.28. The van der Waals surface area contributed by atoms with Gasteiger partial charge in [-0.3, -0.25) is 4.79 Å². The highest BCUT2D eigenvalue weighted by Crippen LogP contribution is 2.50. The quantitative estimate of drug-likeness (QED) is 0.527. The van der Waals surface area contributed by atoms with E-state index in [0.29, 0.717) is 17.9 Å². The van der Waals surface area contributed by atoms with Gasteiger partial charge < -0.3 is 19.5 Å². The number of benzene rings is 2. The lowest BCUT2D eigenvalue weighted by Crippen LogP contribution is -2.49. The minimum Gasteiger partial charge on any atom is -0.493 e. The number of aryl methyl sites for hydroxylation is 1. The average Bonchev–Trinajstić information content (AvgIpc) is 3.31. The molecule has 0 unspecified atom stereocenters. The summed E-state index contributed by atoms with van der Waals surface area (Å²) < 4.78 is 18.2. The highest BCUT2D eigenvalue weighted by atomic mass is 35.5. The smallest absolute Gasteiger partial charge is 0.220 e. The molecule has 1 amide bonds. The van der Waals surface area contributed by atoms with E-state index >= 15 is 0 Å². The molecule has 176 valence electrons. The van der Waals surface area contributed by atoms with Crippen molar-refractivity contribution in [2.75, 3.05) is 7.11 Å². The average molecular weight is 470 g/mol. The molecule has 2 aromatic carbocycles. The van der Waals surface area contributed by atoms with E-state index in [-0.39, 0.29) is 23.7 Å². The lowest BCUT2D eigenvalue weighted by atomic mass is 9.73. The van der Waals surface area contributed by atoms with Gasteiger partial charge in [-0.2, -0.15) is 0 Å². The number of hydrogen-bond donors (Lipinski definition) is 1. The molecule has 1 atom stereocenters. The van der Waals surface area contributed by atoms with E-state index in [4.69, 9.17) is 25.8 Å². The Morgan fingerprint density at radius 3 is 2.67 bits per heavy atom. The molecule has 1 N–H and O–H groups in total. The Morgan fingerprint density at radius 1 is 1.15 bits per heavy atom. The molecule has 1 aliphatic heterocycles. The molecule has 33 heavy (non-hydrogen) atoms. The highest BCUT2D eigenvalue weighted by molar-refractivity contribution is 6.32. The maximum atomic E-state index is 13.1. The van der Waals surface area contributed by atoms with Crippen LogP contribution in [-0.4, -0.2) is 24.7 Å². The van der Waals surface area contributed by atoms with Crippen LogP contribution in [0.25, 0.3) is 0 Å². The lowest BCUT2D eigenvalue weighted by molar-refractivity contribution is -0.123. The van der Waals surface area contributed by atoms with Crippen molar-refractivity contribution in [3.8, 4) is 17.2 Å². The van der Waals surface area contributed by atoms with Crippen LogP contribution in [0.1, 0.15) is 75.0 Å². The van der Waals surface area contributed by atoms with E-state index in [2.05, 4.69) is 5.32 Å². The predicted molar refractivity (Wildman–Crippen MR) is 128 cm³/mol. The number of hydrogen-bond acceptors (Lipinski definition) is 4. The first-order valence-corrected chi connectivity index (χ1v) is 12.5. The highest BCUT2D eigenvalue weighted by Gasteiger charge is 2.46.